The van der Waals surface area contributed by atoms with Crippen LogP contribution in [0.15, 0.2) is 82.6 Å². The fourth-order valence-electron chi connectivity index (χ4n) is 4.43. The van der Waals surface area contributed by atoms with Crippen LogP contribution in [0.3, 0.4) is 0 Å². The lowest BCUT2D eigenvalue weighted by Gasteiger charge is -2.06. The highest BCUT2D eigenvalue weighted by Gasteiger charge is 2.18. The zero-order valence-corrected chi connectivity index (χ0v) is 24.6. The van der Waals surface area contributed by atoms with Crippen LogP contribution in [0, 0.1) is 29.8 Å². The Morgan fingerprint density at radius 3 is 1.76 bits per heavy atom. The molecule has 0 amide bonds. The third-order valence-electron chi connectivity index (χ3n) is 6.78. The maximum atomic E-state index is 14.0. The Hall–Kier alpha value is -7.10. The van der Waals surface area contributed by atoms with Crippen molar-refractivity contribution in [2.24, 2.45) is 0 Å². The molecule has 19 heteroatoms. The lowest BCUT2D eigenvalue weighted by Crippen LogP contribution is -2.12. The number of rotatable bonds is 7. The summed E-state index contributed by atoms with van der Waals surface area (Å²) in [6, 6.07) is 15.3. The molecule has 5 aromatic heterocycles. The van der Waals surface area contributed by atoms with E-state index in [1.54, 1.807) is 42.5 Å². The zero-order valence-electron chi connectivity index (χ0n) is 24.6. The van der Waals surface area contributed by atoms with E-state index in [0.29, 0.717) is 16.8 Å². The molecule has 7 aromatic rings. The van der Waals surface area contributed by atoms with Crippen molar-refractivity contribution in [3.05, 3.63) is 140 Å². The Morgan fingerprint density at radius 1 is 0.714 bits per heavy atom. The molecule has 2 aromatic carbocycles. The van der Waals surface area contributed by atoms with E-state index in [4.69, 9.17) is 6.57 Å². The fraction of sp³-hybridized carbons (Fsp3) is 0.0667. The molecule has 49 heavy (non-hydrogen) atoms. The minimum atomic E-state index is -1.01. The van der Waals surface area contributed by atoms with Gasteiger partial charge >= 0.3 is 0 Å². The number of halogens is 4. The van der Waals surface area contributed by atoms with Crippen molar-refractivity contribution in [1.82, 2.24) is 60.1 Å². The van der Waals surface area contributed by atoms with Gasteiger partial charge in [0.15, 0.2) is 11.6 Å². The molecule has 0 bridgehead atoms. The number of hydrogen-bond donors (Lipinski definition) is 3. The van der Waals surface area contributed by atoms with Crippen LogP contribution in [-0.4, -0.2) is 60.1 Å². The standard InChI is InChI=1S/C15H10F2N8O.C15H9F2N5O/c16-9-4-2-1-3-8(9)7-25-12(14-20-23-24-21-14)5-11(22-25)13-18-6-10(17)15(26)19-13;1-18-13-6-12(14-19-7-11(17)15(23)20-14)21-22(13)8-9-4-2-3-5-10(9)16/h1-6H,7H2,(H,18,19,26)(H,20,21,23,24);2-7H,8H2,(H,19,20,23). The molecular formula is C30H19F4N13O2. The summed E-state index contributed by atoms with van der Waals surface area (Å²) in [5, 5.41) is 22.1. The molecule has 0 saturated heterocycles. The van der Waals surface area contributed by atoms with Gasteiger partial charge in [0.25, 0.3) is 16.9 Å². The van der Waals surface area contributed by atoms with Crippen LogP contribution in [0.4, 0.5) is 23.4 Å². The van der Waals surface area contributed by atoms with Crippen molar-refractivity contribution in [1.29, 1.82) is 0 Å². The summed E-state index contributed by atoms with van der Waals surface area (Å²) in [5.41, 5.74) is -0.213. The molecular weight excluding hydrogens is 650 g/mol. The molecule has 7 rings (SSSR count). The van der Waals surface area contributed by atoms with Gasteiger partial charge in [0, 0.05) is 11.1 Å². The first-order valence-corrected chi connectivity index (χ1v) is 13.9. The fourth-order valence-corrected chi connectivity index (χ4v) is 4.43. The highest BCUT2D eigenvalue weighted by molar-refractivity contribution is 5.60. The molecule has 0 spiro atoms. The Bertz CT molecular complexity index is 2430. The third kappa shape index (κ3) is 7.02. The second kappa shape index (κ2) is 13.7. The largest absolute Gasteiger partial charge is 0.362 e. The predicted octanol–water partition coefficient (Wildman–Crippen LogP) is 3.65. The van der Waals surface area contributed by atoms with Crippen LogP contribution in [0.25, 0.3) is 39.4 Å². The Labute approximate surface area is 270 Å². The zero-order chi connectivity index (χ0) is 34.5. The SMILES string of the molecule is O=c1[nH]c(-c2cc(-c3nn[nH]n3)n(Cc3ccccc3F)n2)ncc1F.[C-]#[N+]c1cc(-c2ncc(F)c(=O)[nH]2)nn1Cc1ccccc1F. The summed E-state index contributed by atoms with van der Waals surface area (Å²) < 4.78 is 56.6. The minimum absolute atomic E-state index is 0.0357. The summed E-state index contributed by atoms with van der Waals surface area (Å²) in [5.74, 6) is -2.34. The highest BCUT2D eigenvalue weighted by atomic mass is 19.1. The number of tetrazole rings is 1. The normalized spacial score (nSPS) is 10.8. The molecule has 0 aliphatic heterocycles. The van der Waals surface area contributed by atoms with Gasteiger partial charge in [-0.05, 0) is 29.5 Å². The Kier molecular flexibility index (Phi) is 8.92. The second-order valence-corrected chi connectivity index (χ2v) is 9.97. The third-order valence-corrected chi connectivity index (χ3v) is 6.78. The van der Waals surface area contributed by atoms with Crippen molar-refractivity contribution < 1.29 is 17.6 Å². The van der Waals surface area contributed by atoms with Gasteiger partial charge < -0.3 is 14.8 Å². The van der Waals surface area contributed by atoms with Gasteiger partial charge in [-0.1, -0.05) is 48.1 Å². The summed E-state index contributed by atoms with van der Waals surface area (Å²) >= 11 is 0. The second-order valence-electron chi connectivity index (χ2n) is 9.97. The average Bonchev–Trinajstić information content (AvgIpc) is 3.87. The van der Waals surface area contributed by atoms with Crippen molar-refractivity contribution in [2.75, 3.05) is 0 Å². The summed E-state index contributed by atoms with van der Waals surface area (Å²) in [6.45, 7) is 7.31. The number of aromatic nitrogens is 12. The van der Waals surface area contributed by atoms with E-state index in [2.05, 4.69) is 55.6 Å². The topological polar surface area (TPSA) is 186 Å². The molecule has 3 N–H and O–H groups in total. The van der Waals surface area contributed by atoms with Gasteiger partial charge in [-0.3, -0.25) is 14.3 Å². The molecule has 0 fully saturated rings. The van der Waals surface area contributed by atoms with E-state index < -0.39 is 34.4 Å². The van der Waals surface area contributed by atoms with E-state index >= 15 is 0 Å². The molecule has 0 radical (unpaired) electrons. The first-order chi connectivity index (χ1) is 23.7. The lowest BCUT2D eigenvalue weighted by molar-refractivity contribution is 0.586. The summed E-state index contributed by atoms with van der Waals surface area (Å²) in [4.78, 5) is 38.2. The molecule has 0 aliphatic carbocycles. The first-order valence-electron chi connectivity index (χ1n) is 13.9. The van der Waals surface area contributed by atoms with Gasteiger partial charge in [-0.2, -0.15) is 23.8 Å². The molecule has 0 aliphatic rings. The van der Waals surface area contributed by atoms with E-state index in [1.165, 1.54) is 27.6 Å². The predicted molar refractivity (Wildman–Crippen MR) is 163 cm³/mol. The molecule has 15 nitrogen and oxygen atoms in total. The van der Waals surface area contributed by atoms with Crippen LogP contribution in [-0.2, 0) is 13.1 Å². The molecule has 0 saturated carbocycles. The van der Waals surface area contributed by atoms with Crippen LogP contribution in [0.1, 0.15) is 11.1 Å². The van der Waals surface area contributed by atoms with E-state index in [0.717, 1.165) is 12.4 Å². The van der Waals surface area contributed by atoms with Crippen molar-refractivity contribution in [3.8, 4) is 34.6 Å². The average molecular weight is 670 g/mol. The van der Waals surface area contributed by atoms with Gasteiger partial charge in [-0.15, -0.1) is 10.2 Å². The van der Waals surface area contributed by atoms with Gasteiger partial charge in [0.2, 0.25) is 17.5 Å². The van der Waals surface area contributed by atoms with Crippen LogP contribution in [0.2, 0.25) is 0 Å². The van der Waals surface area contributed by atoms with Crippen LogP contribution < -0.4 is 11.1 Å². The lowest BCUT2D eigenvalue weighted by atomic mass is 10.2. The monoisotopic (exact) mass is 669 g/mol. The number of hydrogen-bond acceptors (Lipinski definition) is 9. The van der Waals surface area contributed by atoms with Crippen LogP contribution >= 0.6 is 0 Å². The minimum Gasteiger partial charge on any atom is -0.362 e. The number of aromatic amines is 3. The van der Waals surface area contributed by atoms with Crippen molar-refractivity contribution in [2.45, 2.75) is 13.1 Å². The van der Waals surface area contributed by atoms with Crippen molar-refractivity contribution in [3.63, 3.8) is 0 Å². The number of benzene rings is 2. The molecule has 0 unspecified atom stereocenters. The van der Waals surface area contributed by atoms with E-state index in [1.807, 2.05) is 0 Å². The number of nitrogens with one attached hydrogen (secondary N) is 3. The van der Waals surface area contributed by atoms with Gasteiger partial charge in [0.05, 0.1) is 18.9 Å². The van der Waals surface area contributed by atoms with Gasteiger partial charge in [-0.25, -0.2) is 18.7 Å². The quantitative estimate of drug-likeness (QED) is 0.168. The number of nitrogens with zero attached hydrogens (tertiary/aromatic N) is 10. The highest BCUT2D eigenvalue weighted by Crippen LogP contribution is 2.24. The molecule has 0 atom stereocenters. The maximum Gasteiger partial charge on any atom is 0.287 e. The van der Waals surface area contributed by atoms with E-state index in [9.17, 15) is 27.2 Å². The van der Waals surface area contributed by atoms with E-state index in [-0.39, 0.29) is 47.8 Å². The van der Waals surface area contributed by atoms with Crippen molar-refractivity contribution >= 4 is 5.82 Å². The maximum absolute atomic E-state index is 14.0. The number of H-pyrrole nitrogens is 3. The molecule has 5 heterocycles. The summed E-state index contributed by atoms with van der Waals surface area (Å²) in [6.07, 6.45) is 1.58. The molecule has 244 valence electrons. The Balaban J connectivity index is 0.000000171. The Morgan fingerprint density at radius 2 is 1.24 bits per heavy atom. The van der Waals surface area contributed by atoms with Crippen LogP contribution in [0.5, 0.6) is 0 Å². The first kappa shape index (κ1) is 31.9. The summed E-state index contributed by atoms with van der Waals surface area (Å²) in [7, 11) is 0. The van der Waals surface area contributed by atoms with Gasteiger partial charge in [0.1, 0.15) is 35.3 Å². The smallest absolute Gasteiger partial charge is 0.287 e.